The van der Waals surface area contributed by atoms with Crippen LogP contribution in [0.25, 0.3) is 0 Å². The number of nitrogens with zero attached hydrogens (tertiary/aromatic N) is 2. The van der Waals surface area contributed by atoms with Gasteiger partial charge in [-0.25, -0.2) is 8.78 Å². The Morgan fingerprint density at radius 2 is 1.88 bits per heavy atom. The fraction of sp³-hybridized carbons (Fsp3) is 0.588. The molecular weight excluding hydrogens is 330 g/mol. The third-order valence-corrected chi connectivity index (χ3v) is 4.41. The van der Waals surface area contributed by atoms with Crippen molar-refractivity contribution in [2.24, 2.45) is 4.99 Å². The first-order valence-corrected chi connectivity index (χ1v) is 9.44. The zero-order valence-corrected chi connectivity index (χ0v) is 15.7. The highest BCUT2D eigenvalue weighted by Crippen LogP contribution is 2.23. The minimum atomic E-state index is -0.532. The number of hydrogen-bond donors (Lipinski definition) is 2. The summed E-state index contributed by atoms with van der Waals surface area (Å²) in [7, 11) is 5.29. The molecule has 0 bridgehead atoms. The van der Waals surface area contributed by atoms with Gasteiger partial charge in [0.2, 0.25) is 0 Å². The van der Waals surface area contributed by atoms with Crippen LogP contribution in [0.15, 0.2) is 23.2 Å². The van der Waals surface area contributed by atoms with Gasteiger partial charge in [-0.05, 0) is 51.1 Å². The van der Waals surface area contributed by atoms with Crippen LogP contribution in [0.5, 0.6) is 0 Å². The second kappa shape index (κ2) is 11.3. The van der Waals surface area contributed by atoms with Crippen molar-refractivity contribution in [3.05, 3.63) is 35.4 Å². The minimum Gasteiger partial charge on any atom is -0.356 e. The van der Waals surface area contributed by atoms with Crippen molar-refractivity contribution >= 4 is 17.7 Å². The van der Waals surface area contributed by atoms with Crippen molar-refractivity contribution in [1.29, 1.82) is 0 Å². The standard InChI is InChI=1S/C17H28F2N4S/c1-20-17(21-10-5-6-11-24-4)22-12-15(23(2)3)16-13(18)8-7-9-14(16)19/h7-9,15H,5-6,10-12H2,1-4H3,(H2,20,21,22). The highest BCUT2D eigenvalue weighted by atomic mass is 32.2. The molecule has 0 saturated carbocycles. The number of benzene rings is 1. The van der Waals surface area contributed by atoms with Crippen LogP contribution >= 0.6 is 11.8 Å². The van der Waals surface area contributed by atoms with E-state index in [2.05, 4.69) is 21.9 Å². The summed E-state index contributed by atoms with van der Waals surface area (Å²) in [5, 5.41) is 6.38. The van der Waals surface area contributed by atoms with Crippen LogP contribution in [0.4, 0.5) is 8.78 Å². The molecule has 0 aliphatic carbocycles. The van der Waals surface area contributed by atoms with Crippen molar-refractivity contribution in [3.8, 4) is 0 Å². The number of hydrogen-bond acceptors (Lipinski definition) is 3. The first-order valence-electron chi connectivity index (χ1n) is 8.05. The van der Waals surface area contributed by atoms with Crippen LogP contribution in [0.2, 0.25) is 0 Å². The molecule has 0 heterocycles. The Hall–Kier alpha value is -1.34. The molecule has 7 heteroatoms. The van der Waals surface area contributed by atoms with Gasteiger partial charge in [0.1, 0.15) is 11.6 Å². The molecule has 4 nitrogen and oxygen atoms in total. The second-order valence-corrected chi connectivity index (χ2v) is 6.68. The van der Waals surface area contributed by atoms with Crippen molar-refractivity contribution in [3.63, 3.8) is 0 Å². The molecule has 0 saturated heterocycles. The van der Waals surface area contributed by atoms with Gasteiger partial charge in [-0.2, -0.15) is 11.8 Å². The van der Waals surface area contributed by atoms with E-state index in [0.717, 1.165) is 25.1 Å². The van der Waals surface area contributed by atoms with Crippen LogP contribution in [0.3, 0.4) is 0 Å². The Kier molecular flexibility index (Phi) is 9.71. The maximum Gasteiger partial charge on any atom is 0.191 e. The highest BCUT2D eigenvalue weighted by Gasteiger charge is 2.22. The van der Waals surface area contributed by atoms with Gasteiger partial charge in [0, 0.05) is 25.7 Å². The largest absolute Gasteiger partial charge is 0.356 e. The molecular formula is C17H28F2N4S. The molecule has 1 aromatic rings. The van der Waals surface area contributed by atoms with E-state index in [1.807, 2.05) is 11.8 Å². The van der Waals surface area contributed by atoms with E-state index in [0.29, 0.717) is 12.5 Å². The van der Waals surface area contributed by atoms with Crippen LogP contribution in [-0.2, 0) is 0 Å². The molecule has 0 aliphatic rings. The van der Waals surface area contributed by atoms with E-state index in [9.17, 15) is 8.78 Å². The third-order valence-electron chi connectivity index (χ3n) is 3.71. The molecule has 0 aliphatic heterocycles. The number of aliphatic imine (C=N–C) groups is 1. The van der Waals surface area contributed by atoms with Gasteiger partial charge in [0.25, 0.3) is 0 Å². The normalized spacial score (nSPS) is 13.2. The monoisotopic (exact) mass is 358 g/mol. The molecule has 1 aromatic carbocycles. The highest BCUT2D eigenvalue weighted by molar-refractivity contribution is 7.98. The fourth-order valence-corrected chi connectivity index (χ4v) is 2.86. The summed E-state index contributed by atoms with van der Waals surface area (Å²) >= 11 is 1.83. The van der Waals surface area contributed by atoms with Gasteiger partial charge in [0.05, 0.1) is 6.04 Å². The lowest BCUT2D eigenvalue weighted by Gasteiger charge is -2.26. The number of halogens is 2. The van der Waals surface area contributed by atoms with E-state index in [-0.39, 0.29) is 5.56 Å². The van der Waals surface area contributed by atoms with E-state index in [1.54, 1.807) is 26.0 Å². The Morgan fingerprint density at radius 3 is 2.42 bits per heavy atom. The molecule has 24 heavy (non-hydrogen) atoms. The quantitative estimate of drug-likeness (QED) is 0.405. The van der Waals surface area contributed by atoms with Crippen molar-refractivity contribution in [1.82, 2.24) is 15.5 Å². The van der Waals surface area contributed by atoms with E-state index in [4.69, 9.17) is 0 Å². The summed E-state index contributed by atoms with van der Waals surface area (Å²) in [4.78, 5) is 5.95. The van der Waals surface area contributed by atoms with Crippen molar-refractivity contribution in [2.45, 2.75) is 18.9 Å². The van der Waals surface area contributed by atoms with Gasteiger partial charge in [-0.15, -0.1) is 0 Å². The summed E-state index contributed by atoms with van der Waals surface area (Å²) < 4.78 is 28.1. The van der Waals surface area contributed by atoms with Gasteiger partial charge in [-0.1, -0.05) is 6.07 Å². The van der Waals surface area contributed by atoms with Gasteiger partial charge >= 0.3 is 0 Å². The molecule has 136 valence electrons. The maximum atomic E-state index is 14.0. The lowest BCUT2D eigenvalue weighted by atomic mass is 10.0. The molecule has 2 N–H and O–H groups in total. The number of rotatable bonds is 9. The Morgan fingerprint density at radius 1 is 1.21 bits per heavy atom. The van der Waals surface area contributed by atoms with Crippen molar-refractivity contribution in [2.75, 3.05) is 46.2 Å². The van der Waals surface area contributed by atoms with Gasteiger partial charge in [0.15, 0.2) is 5.96 Å². The zero-order chi connectivity index (χ0) is 17.9. The predicted molar refractivity (Wildman–Crippen MR) is 99.8 cm³/mol. The van der Waals surface area contributed by atoms with E-state index in [1.165, 1.54) is 18.2 Å². The third kappa shape index (κ3) is 6.65. The molecule has 1 rings (SSSR count). The number of unbranched alkanes of at least 4 members (excludes halogenated alkanes) is 1. The molecule has 0 fully saturated rings. The molecule has 0 amide bonds. The fourth-order valence-electron chi connectivity index (χ4n) is 2.36. The number of thioether (sulfide) groups is 1. The maximum absolute atomic E-state index is 14.0. The van der Waals surface area contributed by atoms with E-state index < -0.39 is 17.7 Å². The number of likely N-dealkylation sites (N-methyl/N-ethyl adjacent to an activating group) is 1. The van der Waals surface area contributed by atoms with Gasteiger partial charge < -0.3 is 15.5 Å². The Labute approximate surface area is 148 Å². The molecule has 1 unspecified atom stereocenters. The first kappa shape index (κ1) is 20.7. The SMILES string of the molecule is CN=C(NCCCCSC)NCC(c1c(F)cccc1F)N(C)C. The average Bonchev–Trinajstić information content (AvgIpc) is 2.54. The van der Waals surface area contributed by atoms with Crippen LogP contribution in [-0.4, -0.2) is 57.1 Å². The molecule has 0 aromatic heterocycles. The smallest absolute Gasteiger partial charge is 0.191 e. The summed E-state index contributed by atoms with van der Waals surface area (Å²) in [6.45, 7) is 1.18. The lowest BCUT2D eigenvalue weighted by molar-refractivity contribution is 0.282. The summed E-state index contributed by atoms with van der Waals surface area (Å²) in [5.41, 5.74) is 0.0745. The van der Waals surface area contributed by atoms with Crippen LogP contribution < -0.4 is 10.6 Å². The van der Waals surface area contributed by atoms with Crippen molar-refractivity contribution < 1.29 is 8.78 Å². The lowest BCUT2D eigenvalue weighted by Crippen LogP contribution is -2.42. The topological polar surface area (TPSA) is 39.7 Å². The first-order chi connectivity index (χ1) is 11.5. The number of nitrogens with one attached hydrogen (secondary N) is 2. The summed E-state index contributed by atoms with van der Waals surface area (Å²) in [6.07, 6.45) is 4.30. The second-order valence-electron chi connectivity index (χ2n) is 5.69. The van der Waals surface area contributed by atoms with Crippen LogP contribution in [0, 0.1) is 11.6 Å². The molecule has 0 radical (unpaired) electrons. The van der Waals surface area contributed by atoms with Gasteiger partial charge in [-0.3, -0.25) is 4.99 Å². The van der Waals surface area contributed by atoms with E-state index >= 15 is 0 Å². The Bertz CT molecular complexity index is 503. The average molecular weight is 359 g/mol. The molecule has 0 spiro atoms. The molecule has 1 atom stereocenters. The minimum absolute atomic E-state index is 0.0745. The Balaban J connectivity index is 2.63. The number of guanidine groups is 1. The zero-order valence-electron chi connectivity index (χ0n) is 14.9. The summed E-state index contributed by atoms with van der Waals surface area (Å²) in [6, 6.07) is 3.52. The summed E-state index contributed by atoms with van der Waals surface area (Å²) in [5.74, 6) is 0.719. The predicted octanol–water partition coefficient (Wildman–Crippen LogP) is 2.88. The van der Waals surface area contributed by atoms with Crippen LogP contribution in [0.1, 0.15) is 24.4 Å².